The first kappa shape index (κ1) is 19.0. The average molecular weight is 377 g/mol. The number of carbonyl (C=O) groups is 2. The summed E-state index contributed by atoms with van der Waals surface area (Å²) in [6.07, 6.45) is 2.09. The van der Waals surface area contributed by atoms with Crippen LogP contribution in [0.15, 0.2) is 53.4 Å². The molecule has 0 saturated carbocycles. The minimum Gasteiger partial charge on any atom is -0.495 e. The van der Waals surface area contributed by atoms with Crippen molar-refractivity contribution < 1.29 is 33.0 Å². The summed E-state index contributed by atoms with van der Waals surface area (Å²) < 4.78 is 32.7. The largest absolute Gasteiger partial charge is 0.495 e. The van der Waals surface area contributed by atoms with Crippen molar-refractivity contribution >= 4 is 33.7 Å². The lowest BCUT2D eigenvalue weighted by atomic mass is 10.2. The molecular weight excluding hydrogens is 362 g/mol. The Labute approximate surface area is 149 Å². The SMILES string of the molecule is COc1ccc(C=CC(=O)O)cc1S(=O)(=O)Nc1ccccc1C(=O)O. The van der Waals surface area contributed by atoms with Crippen LogP contribution in [-0.2, 0) is 14.8 Å². The highest BCUT2D eigenvalue weighted by Crippen LogP contribution is 2.28. The molecule has 136 valence electrons. The third-order valence-electron chi connectivity index (χ3n) is 3.30. The van der Waals surface area contributed by atoms with Gasteiger partial charge < -0.3 is 14.9 Å². The number of aliphatic carboxylic acids is 1. The quantitative estimate of drug-likeness (QED) is 0.631. The van der Waals surface area contributed by atoms with E-state index in [0.717, 1.165) is 6.08 Å². The zero-order chi connectivity index (χ0) is 19.3. The Morgan fingerprint density at radius 1 is 1.12 bits per heavy atom. The summed E-state index contributed by atoms with van der Waals surface area (Å²) in [5, 5.41) is 17.9. The molecule has 0 aromatic heterocycles. The molecule has 3 N–H and O–H groups in total. The summed E-state index contributed by atoms with van der Waals surface area (Å²) in [7, 11) is -2.91. The predicted molar refractivity (Wildman–Crippen MR) is 93.9 cm³/mol. The molecule has 0 saturated heterocycles. The molecule has 9 heteroatoms. The number of rotatable bonds is 7. The number of ether oxygens (including phenoxy) is 1. The molecule has 2 aromatic carbocycles. The molecule has 2 aromatic rings. The topological polar surface area (TPSA) is 130 Å². The number of carboxylic acid groups (broad SMARTS) is 2. The van der Waals surface area contributed by atoms with E-state index in [4.69, 9.17) is 9.84 Å². The van der Waals surface area contributed by atoms with Gasteiger partial charge >= 0.3 is 11.9 Å². The van der Waals surface area contributed by atoms with Crippen molar-refractivity contribution in [2.24, 2.45) is 0 Å². The van der Waals surface area contributed by atoms with Crippen molar-refractivity contribution in [1.29, 1.82) is 0 Å². The molecule has 0 fully saturated rings. The van der Waals surface area contributed by atoms with Crippen LogP contribution >= 0.6 is 0 Å². The molecule has 0 atom stereocenters. The maximum Gasteiger partial charge on any atom is 0.337 e. The molecular formula is C17H15NO7S. The third kappa shape index (κ3) is 4.39. The van der Waals surface area contributed by atoms with Gasteiger partial charge in [0.2, 0.25) is 0 Å². The molecule has 0 heterocycles. The van der Waals surface area contributed by atoms with Gasteiger partial charge in [-0.15, -0.1) is 0 Å². The lowest BCUT2D eigenvalue weighted by Gasteiger charge is -2.13. The van der Waals surface area contributed by atoms with Crippen molar-refractivity contribution in [3.8, 4) is 5.75 Å². The number of nitrogens with one attached hydrogen (secondary N) is 1. The van der Waals surface area contributed by atoms with Crippen LogP contribution in [0, 0.1) is 0 Å². The summed E-state index contributed by atoms with van der Waals surface area (Å²) in [6, 6.07) is 9.64. The van der Waals surface area contributed by atoms with Gasteiger partial charge in [0.25, 0.3) is 10.0 Å². The van der Waals surface area contributed by atoms with Gasteiger partial charge in [-0.1, -0.05) is 18.2 Å². The van der Waals surface area contributed by atoms with E-state index in [0.29, 0.717) is 5.56 Å². The Hall–Kier alpha value is -3.33. The molecule has 2 rings (SSSR count). The zero-order valence-corrected chi connectivity index (χ0v) is 14.4. The standard InChI is InChI=1S/C17H15NO7S/c1-25-14-8-6-11(7-9-16(19)20)10-15(14)26(23,24)18-13-5-3-2-4-12(13)17(21)22/h2-10,18H,1H3,(H,19,20)(H,21,22). The van der Waals surface area contributed by atoms with E-state index in [1.807, 2.05) is 0 Å². The average Bonchev–Trinajstić information content (AvgIpc) is 2.59. The number of aromatic carboxylic acids is 1. The van der Waals surface area contributed by atoms with E-state index >= 15 is 0 Å². The Morgan fingerprint density at radius 2 is 1.81 bits per heavy atom. The van der Waals surface area contributed by atoms with E-state index in [1.165, 1.54) is 55.7 Å². The number of carboxylic acids is 2. The molecule has 0 bridgehead atoms. The molecule has 0 radical (unpaired) electrons. The fourth-order valence-electron chi connectivity index (χ4n) is 2.13. The van der Waals surface area contributed by atoms with Gasteiger partial charge in [-0.3, -0.25) is 4.72 Å². The van der Waals surface area contributed by atoms with E-state index in [1.54, 1.807) is 0 Å². The highest BCUT2D eigenvalue weighted by Gasteiger charge is 2.22. The predicted octanol–water partition coefficient (Wildman–Crippen LogP) is 2.29. The van der Waals surface area contributed by atoms with Crippen molar-refractivity contribution in [3.05, 3.63) is 59.7 Å². The molecule has 0 spiro atoms. The number of hydrogen-bond donors (Lipinski definition) is 3. The number of sulfonamides is 1. The number of anilines is 1. The summed E-state index contributed by atoms with van der Waals surface area (Å²) in [4.78, 5) is 21.6. The number of methoxy groups -OCH3 is 1. The van der Waals surface area contributed by atoms with Crippen LogP contribution in [-0.4, -0.2) is 37.7 Å². The van der Waals surface area contributed by atoms with Crippen LogP contribution in [0.25, 0.3) is 6.08 Å². The monoisotopic (exact) mass is 377 g/mol. The number of para-hydroxylation sites is 1. The normalized spacial score (nSPS) is 11.3. The van der Waals surface area contributed by atoms with E-state index in [-0.39, 0.29) is 21.9 Å². The Morgan fingerprint density at radius 3 is 2.42 bits per heavy atom. The third-order valence-corrected chi connectivity index (χ3v) is 4.68. The van der Waals surface area contributed by atoms with Gasteiger partial charge in [-0.25, -0.2) is 18.0 Å². The molecule has 26 heavy (non-hydrogen) atoms. The van der Waals surface area contributed by atoms with Crippen LogP contribution in [0.4, 0.5) is 5.69 Å². The molecule has 0 aliphatic heterocycles. The summed E-state index contributed by atoms with van der Waals surface area (Å²) >= 11 is 0. The molecule has 0 aliphatic rings. The second-order valence-electron chi connectivity index (χ2n) is 5.04. The van der Waals surface area contributed by atoms with Crippen LogP contribution in [0.3, 0.4) is 0 Å². The first-order valence-electron chi connectivity index (χ1n) is 7.19. The number of benzene rings is 2. The lowest BCUT2D eigenvalue weighted by Crippen LogP contribution is -2.16. The minimum atomic E-state index is -4.19. The van der Waals surface area contributed by atoms with Gasteiger partial charge in [0.05, 0.1) is 18.4 Å². The zero-order valence-electron chi connectivity index (χ0n) is 13.5. The van der Waals surface area contributed by atoms with Gasteiger partial charge in [0, 0.05) is 6.08 Å². The minimum absolute atomic E-state index is 0.0257. The van der Waals surface area contributed by atoms with Gasteiger partial charge in [-0.05, 0) is 35.9 Å². The van der Waals surface area contributed by atoms with Crippen molar-refractivity contribution in [2.75, 3.05) is 11.8 Å². The second kappa shape index (κ2) is 7.70. The fraction of sp³-hybridized carbons (Fsp3) is 0.0588. The summed E-state index contributed by atoms with van der Waals surface area (Å²) in [6.45, 7) is 0. The number of hydrogen-bond acceptors (Lipinski definition) is 5. The fourth-order valence-corrected chi connectivity index (χ4v) is 3.42. The van der Waals surface area contributed by atoms with Gasteiger partial charge in [0.15, 0.2) is 0 Å². The van der Waals surface area contributed by atoms with Crippen molar-refractivity contribution in [3.63, 3.8) is 0 Å². The second-order valence-corrected chi connectivity index (χ2v) is 6.69. The van der Waals surface area contributed by atoms with Crippen LogP contribution < -0.4 is 9.46 Å². The van der Waals surface area contributed by atoms with Gasteiger partial charge in [-0.2, -0.15) is 0 Å². The highest BCUT2D eigenvalue weighted by atomic mass is 32.2. The first-order valence-corrected chi connectivity index (χ1v) is 8.67. The van der Waals surface area contributed by atoms with E-state index in [2.05, 4.69) is 4.72 Å². The maximum absolute atomic E-state index is 12.7. The van der Waals surface area contributed by atoms with Crippen molar-refractivity contribution in [1.82, 2.24) is 0 Å². The molecule has 0 unspecified atom stereocenters. The van der Waals surface area contributed by atoms with E-state index < -0.39 is 22.0 Å². The maximum atomic E-state index is 12.7. The van der Waals surface area contributed by atoms with Crippen molar-refractivity contribution in [2.45, 2.75) is 4.90 Å². The summed E-state index contributed by atoms with van der Waals surface area (Å²) in [5.74, 6) is -2.44. The molecule has 8 nitrogen and oxygen atoms in total. The first-order chi connectivity index (χ1) is 12.2. The Kier molecular flexibility index (Phi) is 5.63. The lowest BCUT2D eigenvalue weighted by molar-refractivity contribution is -0.131. The van der Waals surface area contributed by atoms with Crippen LogP contribution in [0.5, 0.6) is 5.75 Å². The molecule has 0 amide bonds. The van der Waals surface area contributed by atoms with E-state index in [9.17, 15) is 23.1 Å². The Bertz CT molecular complexity index is 980. The summed E-state index contributed by atoms with van der Waals surface area (Å²) in [5.41, 5.74) is 0.00518. The molecule has 0 aliphatic carbocycles. The highest BCUT2D eigenvalue weighted by molar-refractivity contribution is 7.92. The smallest absolute Gasteiger partial charge is 0.337 e. The van der Waals surface area contributed by atoms with Crippen LogP contribution in [0.1, 0.15) is 15.9 Å². The van der Waals surface area contributed by atoms with Crippen LogP contribution in [0.2, 0.25) is 0 Å². The Balaban J connectivity index is 2.50. The van der Waals surface area contributed by atoms with Gasteiger partial charge in [0.1, 0.15) is 10.6 Å².